The van der Waals surface area contributed by atoms with Crippen LogP contribution >= 0.6 is 11.3 Å². The second-order valence-corrected chi connectivity index (χ2v) is 15.2. The van der Waals surface area contributed by atoms with Crippen LogP contribution in [0.25, 0.3) is 0 Å². The summed E-state index contributed by atoms with van der Waals surface area (Å²) in [4.78, 5) is 32.9. The average molecular weight is 768 g/mol. The normalized spacial score (nSPS) is 16.2. The largest absolute Gasteiger partial charge is 0.393 e. The van der Waals surface area contributed by atoms with E-state index in [1.165, 1.54) is 23.5 Å². The van der Waals surface area contributed by atoms with Gasteiger partial charge in [-0.25, -0.2) is 9.37 Å². The van der Waals surface area contributed by atoms with Crippen molar-refractivity contribution < 1.29 is 39.1 Å². The lowest BCUT2D eigenvalue weighted by Crippen LogP contribution is -2.55. The van der Waals surface area contributed by atoms with E-state index in [-0.39, 0.29) is 36.5 Å². The van der Waals surface area contributed by atoms with E-state index >= 15 is 0 Å². The van der Waals surface area contributed by atoms with Crippen LogP contribution in [0.1, 0.15) is 79.6 Å². The van der Waals surface area contributed by atoms with Gasteiger partial charge in [0.1, 0.15) is 17.1 Å². The number of carbonyl (C=O) groups is 2. The first-order valence-electron chi connectivity index (χ1n) is 18.4. The first-order valence-corrected chi connectivity index (χ1v) is 19.2. The van der Waals surface area contributed by atoms with Gasteiger partial charge < -0.3 is 35.8 Å². The molecule has 0 radical (unpaired) electrons. The predicted molar refractivity (Wildman–Crippen MR) is 208 cm³/mol. The highest BCUT2D eigenvalue weighted by Gasteiger charge is 2.48. The molecule has 288 valence electrons. The molecule has 3 atom stereocenters. The molecular weight excluding hydrogens is 722 g/mol. The molecule has 0 saturated carbocycles. The molecular formula is C43H46FN3O7S. The number of β-lactam (4-membered cyclic amide) rings is 1. The van der Waals surface area contributed by atoms with Crippen LogP contribution in [0.3, 0.4) is 0 Å². The molecule has 10 nitrogen and oxygen atoms in total. The number of aliphatic hydroxyl groups excluding tert-OH is 3. The first-order chi connectivity index (χ1) is 26.6. The third kappa shape index (κ3) is 9.90. The summed E-state index contributed by atoms with van der Waals surface area (Å²) in [6.45, 7) is -0.447. The Hall–Kier alpha value is -4.82. The number of halogens is 1. The number of benzene rings is 4. The fourth-order valence-corrected chi connectivity index (χ4v) is 7.87. The number of hydrogen-bond donors (Lipinski definition) is 5. The van der Waals surface area contributed by atoms with Crippen LogP contribution in [0.15, 0.2) is 103 Å². The Morgan fingerprint density at radius 1 is 0.873 bits per heavy atom. The molecule has 0 unspecified atom stereocenters. The quantitative estimate of drug-likeness (QED) is 0.0663. The van der Waals surface area contributed by atoms with Crippen molar-refractivity contribution in [3.05, 3.63) is 152 Å². The summed E-state index contributed by atoms with van der Waals surface area (Å²) < 4.78 is 19.3. The van der Waals surface area contributed by atoms with Gasteiger partial charge >= 0.3 is 0 Å². The van der Waals surface area contributed by atoms with Crippen molar-refractivity contribution >= 4 is 28.8 Å². The van der Waals surface area contributed by atoms with Crippen molar-refractivity contribution in [2.45, 2.75) is 69.5 Å². The van der Waals surface area contributed by atoms with Gasteiger partial charge in [-0.3, -0.25) is 9.59 Å². The minimum Gasteiger partial charge on any atom is -0.393 e. The maximum atomic E-state index is 13.8. The van der Waals surface area contributed by atoms with E-state index in [9.17, 15) is 34.4 Å². The van der Waals surface area contributed by atoms with Crippen molar-refractivity contribution in [3.8, 4) is 0 Å². The number of ether oxygens (including phenoxy) is 1. The van der Waals surface area contributed by atoms with E-state index in [0.717, 1.165) is 32.9 Å². The summed E-state index contributed by atoms with van der Waals surface area (Å²) in [5.74, 6) is -1.44. The van der Waals surface area contributed by atoms with Gasteiger partial charge in [-0.05, 0) is 84.2 Å². The lowest BCUT2D eigenvalue weighted by atomic mass is 9.78. The number of carbonyl (C=O) groups excluding carboxylic acids is 2. The number of rotatable bonds is 19. The van der Waals surface area contributed by atoms with Gasteiger partial charge in [0.25, 0.3) is 5.91 Å². The zero-order valence-electron chi connectivity index (χ0n) is 30.4. The molecule has 1 saturated heterocycles. The van der Waals surface area contributed by atoms with Crippen LogP contribution in [0.2, 0.25) is 0 Å². The highest BCUT2D eigenvalue weighted by Crippen LogP contribution is 2.46. The van der Waals surface area contributed by atoms with E-state index in [4.69, 9.17) is 10.5 Å². The summed E-state index contributed by atoms with van der Waals surface area (Å²) >= 11 is 1.42. The number of nitrogens with two attached hydrogens (primary N) is 1. The van der Waals surface area contributed by atoms with Crippen LogP contribution in [-0.4, -0.2) is 56.0 Å². The number of aliphatic hydroxyl groups is 4. The zero-order valence-corrected chi connectivity index (χ0v) is 31.2. The molecule has 6 N–H and O–H groups in total. The van der Waals surface area contributed by atoms with Gasteiger partial charge in [0.05, 0.1) is 54.4 Å². The van der Waals surface area contributed by atoms with Crippen molar-refractivity contribution in [1.82, 2.24) is 4.98 Å². The van der Waals surface area contributed by atoms with E-state index in [0.29, 0.717) is 49.2 Å². The van der Waals surface area contributed by atoms with Crippen LogP contribution in [0, 0.1) is 11.7 Å². The topological polar surface area (TPSA) is 166 Å². The molecule has 0 aliphatic carbocycles. The van der Waals surface area contributed by atoms with Gasteiger partial charge in [-0.1, -0.05) is 78.9 Å². The van der Waals surface area contributed by atoms with Crippen molar-refractivity contribution in [1.29, 1.82) is 0 Å². The molecule has 0 bridgehead atoms. The number of anilines is 1. The predicted octanol–water partition coefficient (Wildman–Crippen LogP) is 5.75. The Labute approximate surface area is 323 Å². The van der Waals surface area contributed by atoms with Crippen molar-refractivity contribution in [2.75, 3.05) is 18.1 Å². The molecule has 12 heteroatoms. The Morgan fingerprint density at radius 2 is 1.53 bits per heavy atom. The Balaban J connectivity index is 1.13. The summed E-state index contributed by atoms with van der Waals surface area (Å²) in [6.07, 6.45) is 1.75. The molecule has 1 aliphatic rings. The molecule has 1 aliphatic heterocycles. The molecule has 1 aromatic heterocycles. The lowest BCUT2D eigenvalue weighted by Gasteiger charge is -2.48. The van der Waals surface area contributed by atoms with E-state index in [1.807, 2.05) is 78.9 Å². The van der Waals surface area contributed by atoms with Crippen LogP contribution < -0.4 is 10.6 Å². The minimum absolute atomic E-state index is 0.0622. The van der Waals surface area contributed by atoms with Gasteiger partial charge in [0.2, 0.25) is 5.91 Å². The molecule has 6 rings (SSSR count). The summed E-state index contributed by atoms with van der Waals surface area (Å²) in [7, 11) is 0. The molecule has 5 aromatic rings. The number of thiazole rings is 1. The van der Waals surface area contributed by atoms with Gasteiger partial charge in [0.15, 0.2) is 0 Å². The minimum atomic E-state index is -1.56. The van der Waals surface area contributed by atoms with Gasteiger partial charge in [0, 0.05) is 12.1 Å². The van der Waals surface area contributed by atoms with E-state index in [1.54, 1.807) is 17.0 Å². The van der Waals surface area contributed by atoms with Gasteiger partial charge in [-0.2, -0.15) is 0 Å². The average Bonchev–Trinajstić information content (AvgIpc) is 3.63. The smallest absolute Gasteiger partial charge is 0.268 e. The fourth-order valence-electron chi connectivity index (χ4n) is 6.86. The molecule has 55 heavy (non-hydrogen) atoms. The molecule has 4 aromatic carbocycles. The van der Waals surface area contributed by atoms with Crippen LogP contribution in [-0.2, 0) is 42.0 Å². The van der Waals surface area contributed by atoms with Crippen LogP contribution in [0.4, 0.5) is 10.1 Å². The molecule has 2 amide bonds. The van der Waals surface area contributed by atoms with E-state index < -0.39 is 36.7 Å². The highest BCUT2D eigenvalue weighted by molar-refractivity contribution is 7.11. The van der Waals surface area contributed by atoms with Gasteiger partial charge in [-0.15, -0.1) is 11.3 Å². The first kappa shape index (κ1) is 39.9. The number of primary amides is 1. The van der Waals surface area contributed by atoms with Crippen LogP contribution in [0.5, 0.6) is 0 Å². The summed E-state index contributed by atoms with van der Waals surface area (Å²) in [5, 5.41) is 40.9. The molecule has 2 heterocycles. The van der Waals surface area contributed by atoms with E-state index in [2.05, 4.69) is 4.98 Å². The number of aromatic nitrogens is 1. The Kier molecular flexibility index (Phi) is 13.2. The molecule has 0 spiro atoms. The maximum absolute atomic E-state index is 13.8. The second kappa shape index (κ2) is 18.2. The third-order valence-electron chi connectivity index (χ3n) is 10.2. The monoisotopic (exact) mass is 767 g/mol. The summed E-state index contributed by atoms with van der Waals surface area (Å²) in [5.41, 5.74) is 9.49. The maximum Gasteiger partial charge on any atom is 0.268 e. The zero-order chi connectivity index (χ0) is 39.0. The van der Waals surface area contributed by atoms with Crippen molar-refractivity contribution in [2.24, 2.45) is 11.7 Å². The standard InChI is InChI=1S/C43H46FN3O7S/c44-33-15-13-31(14-16-33)36(50)20-19-35-40(32-11-6-29(7-12-32)22-23-43(53,26-48)27-49)47(42(35)52)34-17-8-28(9-18-34)10-21-38-46-39(41(45)51)37(55-38)25-54-24-30-4-2-1-3-5-30/h1-9,11-18,35-36,40,48-50,53H,10,19-27H2,(H2,45,51)/t35-,36+,40-/m1/s1. The Bertz CT molecular complexity index is 2020. The van der Waals surface area contributed by atoms with Crippen molar-refractivity contribution in [3.63, 3.8) is 0 Å². The number of aryl methyl sites for hydroxylation is 3. The lowest BCUT2D eigenvalue weighted by molar-refractivity contribution is -0.131. The number of amides is 2. The number of nitrogens with zero attached hydrogens (tertiary/aromatic N) is 2. The third-order valence-corrected chi connectivity index (χ3v) is 11.3. The summed E-state index contributed by atoms with van der Waals surface area (Å²) in [6, 6.07) is 30.7. The second-order valence-electron chi connectivity index (χ2n) is 14.1. The SMILES string of the molecule is NC(=O)c1nc(CCc2ccc(N3C(=O)[C@H](CC[C@H](O)c4ccc(F)cc4)[C@H]3c3ccc(CCC(O)(CO)CO)cc3)cc2)sc1COCc1ccccc1. The Morgan fingerprint density at radius 3 is 2.18 bits per heavy atom. The molecule has 1 fully saturated rings. The highest BCUT2D eigenvalue weighted by atomic mass is 32.1. The number of hydrogen-bond acceptors (Lipinski definition) is 9. The fraction of sp³-hybridized carbons (Fsp3) is 0.326.